The first kappa shape index (κ1) is 19.9. The van der Waals surface area contributed by atoms with E-state index in [4.69, 9.17) is 27.9 Å². The van der Waals surface area contributed by atoms with Gasteiger partial charge >= 0.3 is 5.97 Å². The predicted octanol–water partition coefficient (Wildman–Crippen LogP) is 5.81. The van der Waals surface area contributed by atoms with Crippen molar-refractivity contribution < 1.29 is 9.53 Å². The molecule has 0 N–H and O–H groups in total. The van der Waals surface area contributed by atoms with Gasteiger partial charge in [0, 0.05) is 21.9 Å². The number of hydrogen-bond donors (Lipinski definition) is 0. The summed E-state index contributed by atoms with van der Waals surface area (Å²) in [6.45, 7) is 6.36. The smallest absolute Gasteiger partial charge is 0.339 e. The van der Waals surface area contributed by atoms with Gasteiger partial charge in [0.15, 0.2) is 5.16 Å². The number of thioether (sulfide) groups is 1. The maximum Gasteiger partial charge on any atom is 0.339 e. The first-order valence-corrected chi connectivity index (χ1v) is 10.1. The highest BCUT2D eigenvalue weighted by Crippen LogP contribution is 2.24. The van der Waals surface area contributed by atoms with Crippen molar-refractivity contribution in [3.8, 4) is 0 Å². The summed E-state index contributed by atoms with van der Waals surface area (Å²) in [6.07, 6.45) is 0. The molecule has 0 spiro atoms. The molecule has 0 aliphatic rings. The van der Waals surface area contributed by atoms with E-state index in [2.05, 4.69) is 35.9 Å². The quantitative estimate of drug-likeness (QED) is 0.225. The second kappa shape index (κ2) is 8.46. The Labute approximate surface area is 172 Å². The van der Waals surface area contributed by atoms with Crippen molar-refractivity contribution in [3.05, 3.63) is 62.8 Å². The Hall–Kier alpha value is -1.82. The van der Waals surface area contributed by atoms with Crippen molar-refractivity contribution in [3.63, 3.8) is 0 Å². The molecule has 0 amide bonds. The van der Waals surface area contributed by atoms with Gasteiger partial charge in [0.2, 0.25) is 0 Å². The van der Waals surface area contributed by atoms with E-state index >= 15 is 0 Å². The summed E-state index contributed by atoms with van der Waals surface area (Å²) in [6, 6.07) is 8.87. The Morgan fingerprint density at radius 2 is 1.81 bits per heavy atom. The first-order chi connectivity index (χ1) is 12.8. The summed E-state index contributed by atoms with van der Waals surface area (Å²) in [7, 11) is 0. The number of carbonyl (C=O) groups excluding carboxylic acids is 1. The third-order valence-corrected chi connectivity index (χ3v) is 5.54. The van der Waals surface area contributed by atoms with Gasteiger partial charge in [-0.2, -0.15) is 0 Å². The second-order valence-corrected chi connectivity index (χ2v) is 8.06. The number of benzene rings is 2. The third-order valence-electron chi connectivity index (χ3n) is 4.18. The summed E-state index contributed by atoms with van der Waals surface area (Å²) in [5.41, 5.74) is 4.59. The van der Waals surface area contributed by atoms with Gasteiger partial charge in [-0.05, 0) is 62.2 Å². The molecule has 0 radical (unpaired) electrons. The summed E-state index contributed by atoms with van der Waals surface area (Å²) in [5.74, 6) is 0.0752. The fraction of sp³-hybridized carbons (Fsp3) is 0.250. The van der Waals surface area contributed by atoms with Crippen LogP contribution in [-0.2, 0) is 4.74 Å². The number of carbonyl (C=O) groups is 1. The lowest BCUT2D eigenvalue weighted by molar-refractivity contribution is 0.0530. The predicted molar refractivity (Wildman–Crippen MR) is 111 cm³/mol. The van der Waals surface area contributed by atoms with E-state index in [0.29, 0.717) is 21.5 Å². The Kier molecular flexibility index (Phi) is 6.25. The van der Waals surface area contributed by atoms with Gasteiger partial charge < -0.3 is 4.74 Å². The molecule has 0 aliphatic heterocycles. The Morgan fingerprint density at radius 3 is 2.56 bits per heavy atom. The molecular formula is C20H18Cl2N2O2S. The Morgan fingerprint density at radius 1 is 1.07 bits per heavy atom. The fourth-order valence-corrected chi connectivity index (χ4v) is 3.78. The zero-order valence-electron chi connectivity index (χ0n) is 15.2. The number of fused-ring (bicyclic) bond motifs is 1. The lowest BCUT2D eigenvalue weighted by Gasteiger charge is -2.09. The molecule has 1 aromatic heterocycles. The maximum atomic E-state index is 12.1. The Bertz CT molecular complexity index is 1020. The molecular weight excluding hydrogens is 403 g/mol. The molecule has 0 saturated heterocycles. The van der Waals surface area contributed by atoms with Crippen LogP contribution in [0.3, 0.4) is 0 Å². The van der Waals surface area contributed by atoms with E-state index in [1.54, 1.807) is 12.1 Å². The maximum absolute atomic E-state index is 12.1. The Balaban J connectivity index is 1.62. The third kappa shape index (κ3) is 4.72. The highest BCUT2D eigenvalue weighted by Gasteiger charge is 2.12. The van der Waals surface area contributed by atoms with Crippen LogP contribution in [0.1, 0.15) is 27.2 Å². The molecule has 0 aliphatic carbocycles. The number of esters is 1. The highest BCUT2D eigenvalue weighted by molar-refractivity contribution is 7.99. The lowest BCUT2D eigenvalue weighted by atomic mass is 10.1. The van der Waals surface area contributed by atoms with Gasteiger partial charge in [0.25, 0.3) is 0 Å². The van der Waals surface area contributed by atoms with E-state index in [9.17, 15) is 4.79 Å². The van der Waals surface area contributed by atoms with Crippen LogP contribution in [0.2, 0.25) is 10.0 Å². The normalized spacial score (nSPS) is 11.0. The van der Waals surface area contributed by atoms with Crippen LogP contribution in [0.15, 0.2) is 35.5 Å². The number of aryl methyl sites for hydroxylation is 3. The molecule has 1 heterocycles. The van der Waals surface area contributed by atoms with E-state index < -0.39 is 5.97 Å². The molecule has 0 saturated carbocycles. The van der Waals surface area contributed by atoms with Crippen molar-refractivity contribution in [2.75, 3.05) is 12.4 Å². The van der Waals surface area contributed by atoms with Crippen LogP contribution in [0.5, 0.6) is 0 Å². The van der Waals surface area contributed by atoms with Gasteiger partial charge in [-0.15, -0.1) is 0 Å². The largest absolute Gasteiger partial charge is 0.461 e. The van der Waals surface area contributed by atoms with Crippen molar-refractivity contribution in [2.45, 2.75) is 25.9 Å². The summed E-state index contributed by atoms with van der Waals surface area (Å²) in [5, 5.41) is 2.48. The number of rotatable bonds is 5. The molecule has 27 heavy (non-hydrogen) atoms. The average Bonchev–Trinajstić information content (AvgIpc) is 2.60. The molecule has 0 fully saturated rings. The van der Waals surface area contributed by atoms with Crippen LogP contribution in [0.4, 0.5) is 0 Å². The number of nitrogens with zero attached hydrogens (tertiary/aromatic N) is 2. The average molecular weight is 421 g/mol. The van der Waals surface area contributed by atoms with Crippen LogP contribution in [-0.4, -0.2) is 28.3 Å². The fourth-order valence-electron chi connectivity index (χ4n) is 2.58. The minimum atomic E-state index is -0.473. The standard InChI is InChI=1S/C20H18Cl2N2O2S/c1-11-8-16-13(3)23-20(24-18(16)9-12(11)2)27-7-6-26-19(25)15-5-4-14(21)10-17(15)22/h4-5,8-10H,6-7H2,1-3H3. The minimum Gasteiger partial charge on any atom is -0.461 e. The van der Waals surface area contributed by atoms with Crippen LogP contribution in [0.25, 0.3) is 10.9 Å². The second-order valence-electron chi connectivity index (χ2n) is 6.15. The van der Waals surface area contributed by atoms with Crippen molar-refractivity contribution in [1.82, 2.24) is 9.97 Å². The van der Waals surface area contributed by atoms with Gasteiger partial charge in [-0.25, -0.2) is 14.8 Å². The first-order valence-electron chi connectivity index (χ1n) is 8.35. The van der Waals surface area contributed by atoms with E-state index in [-0.39, 0.29) is 11.6 Å². The van der Waals surface area contributed by atoms with Gasteiger partial charge in [-0.1, -0.05) is 35.0 Å². The highest BCUT2D eigenvalue weighted by atomic mass is 35.5. The molecule has 0 unspecified atom stereocenters. The number of halogens is 2. The van der Waals surface area contributed by atoms with Crippen LogP contribution in [0, 0.1) is 20.8 Å². The van der Waals surface area contributed by atoms with Crippen molar-refractivity contribution in [1.29, 1.82) is 0 Å². The molecule has 3 rings (SSSR count). The summed E-state index contributed by atoms with van der Waals surface area (Å²) < 4.78 is 5.28. The van der Waals surface area contributed by atoms with Gasteiger partial charge in [0.05, 0.1) is 16.1 Å². The molecule has 2 aromatic carbocycles. The monoisotopic (exact) mass is 420 g/mol. The molecule has 3 aromatic rings. The molecule has 4 nitrogen and oxygen atoms in total. The summed E-state index contributed by atoms with van der Waals surface area (Å²) >= 11 is 13.3. The SMILES string of the molecule is Cc1cc2nc(SCCOC(=O)c3ccc(Cl)cc3Cl)nc(C)c2cc1C. The van der Waals surface area contributed by atoms with Gasteiger partial charge in [-0.3, -0.25) is 0 Å². The van der Waals surface area contributed by atoms with Crippen LogP contribution < -0.4 is 0 Å². The molecule has 140 valence electrons. The van der Waals surface area contributed by atoms with E-state index in [1.807, 2.05) is 6.92 Å². The lowest BCUT2D eigenvalue weighted by Crippen LogP contribution is -2.08. The topological polar surface area (TPSA) is 52.1 Å². The van der Waals surface area contributed by atoms with E-state index in [0.717, 1.165) is 16.6 Å². The van der Waals surface area contributed by atoms with E-state index in [1.165, 1.54) is 29.0 Å². The zero-order valence-corrected chi connectivity index (χ0v) is 17.5. The number of hydrogen-bond acceptors (Lipinski definition) is 5. The molecule has 7 heteroatoms. The van der Waals surface area contributed by atoms with Crippen LogP contribution >= 0.6 is 35.0 Å². The van der Waals surface area contributed by atoms with Gasteiger partial charge in [0.1, 0.15) is 6.61 Å². The van der Waals surface area contributed by atoms with Crippen molar-refractivity contribution in [2.24, 2.45) is 0 Å². The zero-order chi connectivity index (χ0) is 19.6. The number of ether oxygens (including phenoxy) is 1. The van der Waals surface area contributed by atoms with Crippen molar-refractivity contribution >= 4 is 51.8 Å². The summed E-state index contributed by atoms with van der Waals surface area (Å²) in [4.78, 5) is 21.3. The number of aromatic nitrogens is 2. The molecule has 0 atom stereocenters. The molecule has 0 bridgehead atoms. The minimum absolute atomic E-state index is 0.232.